The zero-order valence-corrected chi connectivity index (χ0v) is 14.7. The van der Waals surface area contributed by atoms with Crippen molar-refractivity contribution in [2.75, 3.05) is 36.5 Å². The predicted molar refractivity (Wildman–Crippen MR) is 92.8 cm³/mol. The maximum absolute atomic E-state index is 12.2. The number of nitrogens with one attached hydrogen (secondary N) is 1. The highest BCUT2D eigenvalue weighted by atomic mass is 32.1. The number of amides is 2. The highest BCUT2D eigenvalue weighted by Crippen LogP contribution is 2.27. The number of primary amides is 1. The lowest BCUT2D eigenvalue weighted by molar-refractivity contribution is -0.115. The van der Waals surface area contributed by atoms with Crippen molar-refractivity contribution in [2.24, 2.45) is 5.73 Å². The Morgan fingerprint density at radius 2 is 2.12 bits per heavy atom. The van der Waals surface area contributed by atoms with Crippen LogP contribution in [0.3, 0.4) is 0 Å². The second-order valence-corrected chi connectivity index (χ2v) is 7.09. The quantitative estimate of drug-likeness (QED) is 0.816. The molecule has 1 fully saturated rings. The summed E-state index contributed by atoms with van der Waals surface area (Å²) in [5.41, 5.74) is 6.68. The first kappa shape index (κ1) is 16.8. The standard InChI is InChI=1S/C14H17N5O3S2/c1-8-7-23-13(16-8)18-10(20)6-9-11(12(15)21)24-14(17-9)19-2-4-22-5-3-19/h7H,2-6H2,1H3,(H2,15,21)(H,16,18,20). The molecule has 3 N–H and O–H groups in total. The fraction of sp³-hybridized carbons (Fsp3) is 0.429. The van der Waals surface area contributed by atoms with Gasteiger partial charge < -0.3 is 20.7 Å². The fourth-order valence-corrected chi connectivity index (χ4v) is 3.96. The number of rotatable bonds is 5. The van der Waals surface area contributed by atoms with Crippen molar-refractivity contribution in [3.8, 4) is 0 Å². The second kappa shape index (κ2) is 7.24. The Bertz CT molecular complexity index is 751. The number of aryl methyl sites for hydroxylation is 1. The van der Waals surface area contributed by atoms with Gasteiger partial charge in [-0.1, -0.05) is 11.3 Å². The number of carbonyl (C=O) groups excluding carboxylic acids is 2. The first-order chi connectivity index (χ1) is 11.5. The molecule has 2 amide bonds. The van der Waals surface area contributed by atoms with Crippen LogP contribution in [-0.2, 0) is 16.0 Å². The molecule has 0 unspecified atom stereocenters. The molecule has 0 atom stereocenters. The van der Waals surface area contributed by atoms with Gasteiger partial charge in [0.05, 0.1) is 31.0 Å². The Labute approximate surface area is 146 Å². The smallest absolute Gasteiger partial charge is 0.260 e. The Hall–Kier alpha value is -2.04. The van der Waals surface area contributed by atoms with Gasteiger partial charge in [-0.3, -0.25) is 9.59 Å². The first-order valence-corrected chi connectivity index (χ1v) is 9.06. The molecule has 0 bridgehead atoms. The molecule has 2 aromatic rings. The second-order valence-electron chi connectivity index (χ2n) is 5.25. The lowest BCUT2D eigenvalue weighted by atomic mass is 10.2. The van der Waals surface area contributed by atoms with Crippen molar-refractivity contribution in [3.05, 3.63) is 21.6 Å². The molecule has 128 valence electrons. The van der Waals surface area contributed by atoms with Crippen LogP contribution in [0.15, 0.2) is 5.38 Å². The molecule has 24 heavy (non-hydrogen) atoms. The zero-order valence-electron chi connectivity index (χ0n) is 13.1. The summed E-state index contributed by atoms with van der Waals surface area (Å²) in [6.45, 7) is 4.49. The fourth-order valence-electron chi connectivity index (χ4n) is 2.27. The van der Waals surface area contributed by atoms with E-state index >= 15 is 0 Å². The third-order valence-electron chi connectivity index (χ3n) is 3.38. The number of morpholine rings is 1. The molecule has 1 aliphatic rings. The molecule has 2 aromatic heterocycles. The summed E-state index contributed by atoms with van der Waals surface area (Å²) in [7, 11) is 0. The van der Waals surface area contributed by atoms with E-state index in [9.17, 15) is 9.59 Å². The number of hydrogen-bond acceptors (Lipinski definition) is 8. The minimum absolute atomic E-state index is 0.0161. The van der Waals surface area contributed by atoms with Gasteiger partial charge in [0.25, 0.3) is 5.91 Å². The molecule has 10 heteroatoms. The van der Waals surface area contributed by atoms with Gasteiger partial charge in [-0.05, 0) is 6.92 Å². The van der Waals surface area contributed by atoms with Gasteiger partial charge in [-0.25, -0.2) is 9.97 Å². The number of hydrogen-bond donors (Lipinski definition) is 2. The molecule has 0 saturated carbocycles. The molecule has 0 radical (unpaired) electrons. The van der Waals surface area contributed by atoms with E-state index in [4.69, 9.17) is 10.5 Å². The predicted octanol–water partition coefficient (Wildman–Crippen LogP) is 1.02. The lowest BCUT2D eigenvalue weighted by Gasteiger charge is -2.26. The number of aromatic nitrogens is 2. The Morgan fingerprint density at radius 1 is 1.38 bits per heavy atom. The van der Waals surface area contributed by atoms with Gasteiger partial charge in [0.2, 0.25) is 5.91 Å². The highest BCUT2D eigenvalue weighted by Gasteiger charge is 2.22. The van der Waals surface area contributed by atoms with E-state index in [-0.39, 0.29) is 12.3 Å². The Morgan fingerprint density at radius 3 is 2.75 bits per heavy atom. The monoisotopic (exact) mass is 367 g/mol. The highest BCUT2D eigenvalue weighted by molar-refractivity contribution is 7.17. The van der Waals surface area contributed by atoms with Gasteiger partial charge in [-0.2, -0.15) is 0 Å². The van der Waals surface area contributed by atoms with E-state index in [0.717, 1.165) is 5.69 Å². The van der Waals surface area contributed by atoms with Gasteiger partial charge >= 0.3 is 0 Å². The maximum Gasteiger partial charge on any atom is 0.260 e. The topological polar surface area (TPSA) is 110 Å². The van der Waals surface area contributed by atoms with Crippen molar-refractivity contribution in [1.29, 1.82) is 0 Å². The molecule has 0 aromatic carbocycles. The summed E-state index contributed by atoms with van der Waals surface area (Å²) in [6, 6.07) is 0. The number of ether oxygens (including phenoxy) is 1. The third kappa shape index (κ3) is 3.89. The maximum atomic E-state index is 12.2. The normalized spacial score (nSPS) is 14.6. The van der Waals surface area contributed by atoms with Crippen LogP contribution in [0.5, 0.6) is 0 Å². The SMILES string of the molecule is Cc1csc(NC(=O)Cc2nc(N3CCOCC3)sc2C(N)=O)n1. The van der Waals surface area contributed by atoms with Crippen molar-refractivity contribution in [2.45, 2.75) is 13.3 Å². The molecule has 3 rings (SSSR count). The van der Waals surface area contributed by atoms with E-state index in [1.165, 1.54) is 22.7 Å². The zero-order chi connectivity index (χ0) is 17.1. The van der Waals surface area contributed by atoms with Gasteiger partial charge in [0.1, 0.15) is 4.88 Å². The number of carbonyl (C=O) groups is 2. The van der Waals surface area contributed by atoms with Crippen molar-refractivity contribution in [1.82, 2.24) is 9.97 Å². The molecule has 0 spiro atoms. The summed E-state index contributed by atoms with van der Waals surface area (Å²) >= 11 is 2.57. The van der Waals surface area contributed by atoms with Crippen molar-refractivity contribution >= 4 is 44.8 Å². The van der Waals surface area contributed by atoms with E-state index in [2.05, 4.69) is 15.3 Å². The number of thiazole rings is 2. The molecule has 8 nitrogen and oxygen atoms in total. The van der Waals surface area contributed by atoms with Crippen LogP contribution < -0.4 is 16.0 Å². The molecule has 3 heterocycles. The molecular weight excluding hydrogens is 350 g/mol. The van der Waals surface area contributed by atoms with Crippen LogP contribution in [0.2, 0.25) is 0 Å². The molecular formula is C14H17N5O3S2. The Kier molecular flexibility index (Phi) is 5.07. The van der Waals surface area contributed by atoms with E-state index in [0.29, 0.717) is 47.1 Å². The molecule has 1 aliphatic heterocycles. The number of anilines is 2. The third-order valence-corrected chi connectivity index (χ3v) is 5.43. The van der Waals surface area contributed by atoms with Gasteiger partial charge in [0.15, 0.2) is 10.3 Å². The van der Waals surface area contributed by atoms with Crippen LogP contribution in [-0.4, -0.2) is 48.1 Å². The average Bonchev–Trinajstić information content (AvgIpc) is 3.14. The number of nitrogens with two attached hydrogens (primary N) is 1. The van der Waals surface area contributed by atoms with Crippen molar-refractivity contribution < 1.29 is 14.3 Å². The summed E-state index contributed by atoms with van der Waals surface area (Å²) in [4.78, 5) is 34.8. The Balaban J connectivity index is 1.74. The average molecular weight is 367 g/mol. The van der Waals surface area contributed by atoms with E-state index in [1.54, 1.807) is 0 Å². The minimum Gasteiger partial charge on any atom is -0.378 e. The van der Waals surface area contributed by atoms with Crippen LogP contribution in [0.25, 0.3) is 0 Å². The van der Waals surface area contributed by atoms with E-state index < -0.39 is 5.91 Å². The van der Waals surface area contributed by atoms with Gasteiger partial charge in [-0.15, -0.1) is 11.3 Å². The van der Waals surface area contributed by atoms with E-state index in [1.807, 2.05) is 17.2 Å². The summed E-state index contributed by atoms with van der Waals surface area (Å²) < 4.78 is 5.31. The summed E-state index contributed by atoms with van der Waals surface area (Å²) in [6.07, 6.45) is -0.0161. The first-order valence-electron chi connectivity index (χ1n) is 7.37. The van der Waals surface area contributed by atoms with Gasteiger partial charge in [0, 0.05) is 18.5 Å². The van der Waals surface area contributed by atoms with Crippen LogP contribution in [0, 0.1) is 6.92 Å². The van der Waals surface area contributed by atoms with Crippen molar-refractivity contribution in [3.63, 3.8) is 0 Å². The van der Waals surface area contributed by atoms with Crippen LogP contribution in [0.4, 0.5) is 10.3 Å². The summed E-state index contributed by atoms with van der Waals surface area (Å²) in [5.74, 6) is -0.842. The summed E-state index contributed by atoms with van der Waals surface area (Å²) in [5, 5.41) is 5.79. The van der Waals surface area contributed by atoms with Crippen LogP contribution in [0.1, 0.15) is 21.1 Å². The largest absolute Gasteiger partial charge is 0.378 e. The lowest BCUT2D eigenvalue weighted by Crippen LogP contribution is -2.36. The molecule has 1 saturated heterocycles. The number of nitrogens with zero attached hydrogens (tertiary/aromatic N) is 3. The minimum atomic E-state index is -0.570. The van der Waals surface area contributed by atoms with Crippen LogP contribution >= 0.6 is 22.7 Å². The molecule has 0 aliphatic carbocycles.